The molecular weight excluding hydrogens is 430 g/mol. The van der Waals surface area contributed by atoms with Crippen molar-refractivity contribution in [2.24, 2.45) is 0 Å². The third kappa shape index (κ3) is 5.86. The maximum Gasteiger partial charge on any atom is 0.125 e. The van der Waals surface area contributed by atoms with Crippen molar-refractivity contribution in [2.45, 2.75) is 52.6 Å². The van der Waals surface area contributed by atoms with E-state index in [1.54, 1.807) is 11.3 Å². The van der Waals surface area contributed by atoms with Crippen molar-refractivity contribution in [1.29, 1.82) is 0 Å². The second-order valence-corrected chi connectivity index (χ2v) is 9.56. The topological polar surface area (TPSA) is 62.6 Å². The largest absolute Gasteiger partial charge is 0.491 e. The molecule has 1 aromatic heterocycles. The van der Waals surface area contributed by atoms with Gasteiger partial charge in [-0.2, -0.15) is 0 Å². The summed E-state index contributed by atoms with van der Waals surface area (Å²) in [5.74, 6) is 1.08. The van der Waals surface area contributed by atoms with Gasteiger partial charge in [0, 0.05) is 10.4 Å². The van der Waals surface area contributed by atoms with Gasteiger partial charge in [0.25, 0.3) is 0 Å². The van der Waals surface area contributed by atoms with E-state index < -0.39 is 6.10 Å². The Morgan fingerprint density at radius 1 is 1.13 bits per heavy atom. The monoisotopic (exact) mass is 459 g/mol. The van der Waals surface area contributed by atoms with Gasteiger partial charge in [-0.15, -0.1) is 11.3 Å². The zero-order chi connectivity index (χ0) is 22.5. The maximum atomic E-state index is 10.8. The van der Waals surface area contributed by atoms with Crippen LogP contribution in [-0.2, 0) is 6.42 Å². The molecule has 0 aliphatic carbocycles. The van der Waals surface area contributed by atoms with Gasteiger partial charge < -0.3 is 14.9 Å². The standard InChI is InChI=1S/C25H30ClNO3S/c1-15(2)24-21(27-25(31-24)19-7-5-16(3)13-20(19)26)8-9-22(29)18-6-10-23(17(4)14-18)30-12-11-28/h5-7,10,13-15,22,28-29H,8-9,11-12H2,1-4H3. The number of aromatic nitrogens is 1. The first-order valence-electron chi connectivity index (χ1n) is 10.6. The van der Waals surface area contributed by atoms with Gasteiger partial charge in [-0.25, -0.2) is 4.98 Å². The molecule has 0 spiro atoms. The third-order valence-electron chi connectivity index (χ3n) is 5.19. The normalized spacial score (nSPS) is 12.4. The van der Waals surface area contributed by atoms with E-state index in [2.05, 4.69) is 19.9 Å². The van der Waals surface area contributed by atoms with Crippen LogP contribution in [0.1, 0.15) is 59.6 Å². The van der Waals surface area contributed by atoms with Gasteiger partial charge in [0.1, 0.15) is 17.4 Å². The maximum absolute atomic E-state index is 10.8. The summed E-state index contributed by atoms with van der Waals surface area (Å²) in [6.45, 7) is 8.54. The van der Waals surface area contributed by atoms with Crippen LogP contribution in [0.5, 0.6) is 5.75 Å². The lowest BCUT2D eigenvalue weighted by atomic mass is 10.00. The smallest absolute Gasteiger partial charge is 0.125 e. The van der Waals surface area contributed by atoms with E-state index in [4.69, 9.17) is 26.4 Å². The highest BCUT2D eigenvalue weighted by Crippen LogP contribution is 2.37. The minimum Gasteiger partial charge on any atom is -0.491 e. The van der Waals surface area contributed by atoms with Crippen molar-refractivity contribution in [3.8, 4) is 16.3 Å². The summed E-state index contributed by atoms with van der Waals surface area (Å²) < 4.78 is 5.50. The van der Waals surface area contributed by atoms with Gasteiger partial charge in [-0.3, -0.25) is 0 Å². The fourth-order valence-corrected chi connectivity index (χ4v) is 5.07. The first-order chi connectivity index (χ1) is 14.8. The predicted octanol–water partition coefficient (Wildman–Crippen LogP) is 6.24. The SMILES string of the molecule is Cc1ccc(-c2nc(CCC(O)c3ccc(OCCO)c(C)c3)c(C(C)C)s2)c(Cl)c1. The highest BCUT2D eigenvalue weighted by molar-refractivity contribution is 7.15. The Balaban J connectivity index is 1.76. The molecule has 166 valence electrons. The quantitative estimate of drug-likeness (QED) is 0.397. The number of hydrogen-bond donors (Lipinski definition) is 2. The fourth-order valence-electron chi connectivity index (χ4n) is 3.54. The van der Waals surface area contributed by atoms with Crippen LogP contribution >= 0.6 is 22.9 Å². The summed E-state index contributed by atoms with van der Waals surface area (Å²) in [7, 11) is 0. The Hall–Kier alpha value is -1.92. The zero-order valence-electron chi connectivity index (χ0n) is 18.5. The number of thiazole rings is 1. The summed E-state index contributed by atoms with van der Waals surface area (Å²) in [5.41, 5.74) is 4.92. The average molecular weight is 460 g/mol. The molecule has 31 heavy (non-hydrogen) atoms. The molecule has 0 aliphatic rings. The van der Waals surface area contributed by atoms with E-state index in [9.17, 15) is 5.11 Å². The summed E-state index contributed by atoms with van der Waals surface area (Å²) in [6.07, 6.45) is 0.691. The lowest BCUT2D eigenvalue weighted by molar-refractivity contribution is 0.167. The molecule has 1 atom stereocenters. The number of ether oxygens (including phenoxy) is 1. The number of aliphatic hydroxyl groups is 2. The molecule has 1 heterocycles. The van der Waals surface area contributed by atoms with Crippen molar-refractivity contribution < 1.29 is 14.9 Å². The molecule has 1 unspecified atom stereocenters. The van der Waals surface area contributed by atoms with E-state index in [1.807, 2.05) is 44.2 Å². The van der Waals surface area contributed by atoms with Gasteiger partial charge in [0.2, 0.25) is 0 Å². The molecule has 0 radical (unpaired) electrons. The Kier molecular flexibility index (Phi) is 8.11. The van der Waals surface area contributed by atoms with Gasteiger partial charge in [0.15, 0.2) is 0 Å². The van der Waals surface area contributed by atoms with Crippen molar-refractivity contribution in [1.82, 2.24) is 4.98 Å². The van der Waals surface area contributed by atoms with Crippen molar-refractivity contribution in [3.05, 3.63) is 68.7 Å². The second-order valence-electron chi connectivity index (χ2n) is 8.12. The Bertz CT molecular complexity index is 1030. The number of halogens is 1. The molecule has 3 rings (SSSR count). The number of nitrogens with zero attached hydrogens (tertiary/aromatic N) is 1. The van der Waals surface area contributed by atoms with Crippen LogP contribution in [0.4, 0.5) is 0 Å². The van der Waals surface area contributed by atoms with Crippen molar-refractivity contribution in [2.75, 3.05) is 13.2 Å². The van der Waals surface area contributed by atoms with Crippen LogP contribution in [0, 0.1) is 13.8 Å². The Morgan fingerprint density at radius 2 is 1.90 bits per heavy atom. The van der Waals surface area contributed by atoms with Gasteiger partial charge >= 0.3 is 0 Å². The minimum absolute atomic E-state index is 0.0224. The van der Waals surface area contributed by atoms with E-state index in [0.717, 1.165) is 43.7 Å². The number of aliphatic hydroxyl groups excluding tert-OH is 2. The molecule has 3 aromatic rings. The Labute approximate surface area is 193 Å². The molecule has 4 nitrogen and oxygen atoms in total. The fraction of sp³-hybridized carbons (Fsp3) is 0.400. The molecule has 2 N–H and O–H groups in total. The van der Waals surface area contributed by atoms with Gasteiger partial charge in [0.05, 0.1) is 23.4 Å². The number of hydrogen-bond acceptors (Lipinski definition) is 5. The summed E-state index contributed by atoms with van der Waals surface area (Å²) in [6, 6.07) is 11.7. The lowest BCUT2D eigenvalue weighted by Crippen LogP contribution is -2.05. The number of aryl methyl sites for hydroxylation is 3. The molecule has 0 saturated heterocycles. The highest BCUT2D eigenvalue weighted by Gasteiger charge is 2.19. The predicted molar refractivity (Wildman–Crippen MR) is 128 cm³/mol. The molecule has 0 fully saturated rings. The highest BCUT2D eigenvalue weighted by atomic mass is 35.5. The van der Waals surface area contributed by atoms with E-state index >= 15 is 0 Å². The molecule has 6 heteroatoms. The van der Waals surface area contributed by atoms with Crippen molar-refractivity contribution >= 4 is 22.9 Å². The molecule has 0 bridgehead atoms. The van der Waals surface area contributed by atoms with Crippen LogP contribution in [-0.4, -0.2) is 28.4 Å². The summed E-state index contributed by atoms with van der Waals surface area (Å²) in [5, 5.41) is 21.3. The molecule has 2 aromatic carbocycles. The first kappa shape index (κ1) is 23.7. The molecule has 0 aliphatic heterocycles. The second kappa shape index (κ2) is 10.6. The molecular formula is C25H30ClNO3S. The van der Waals surface area contributed by atoms with Crippen LogP contribution < -0.4 is 4.74 Å². The average Bonchev–Trinajstić information content (AvgIpc) is 3.15. The van der Waals surface area contributed by atoms with Crippen molar-refractivity contribution in [3.63, 3.8) is 0 Å². The van der Waals surface area contributed by atoms with Crippen LogP contribution in [0.3, 0.4) is 0 Å². The Morgan fingerprint density at radius 3 is 2.55 bits per heavy atom. The molecule has 0 amide bonds. The summed E-state index contributed by atoms with van der Waals surface area (Å²) >= 11 is 8.16. The van der Waals surface area contributed by atoms with Crippen LogP contribution in [0.2, 0.25) is 5.02 Å². The lowest BCUT2D eigenvalue weighted by Gasteiger charge is -2.14. The minimum atomic E-state index is -0.585. The third-order valence-corrected chi connectivity index (χ3v) is 6.94. The van der Waals surface area contributed by atoms with E-state index in [-0.39, 0.29) is 13.2 Å². The van der Waals surface area contributed by atoms with Crippen LogP contribution in [0.25, 0.3) is 10.6 Å². The number of rotatable bonds is 9. The van der Waals surface area contributed by atoms with E-state index in [0.29, 0.717) is 18.8 Å². The van der Waals surface area contributed by atoms with E-state index in [1.165, 1.54) is 4.88 Å². The zero-order valence-corrected chi connectivity index (χ0v) is 20.1. The molecule has 0 saturated carbocycles. The van der Waals surface area contributed by atoms with Gasteiger partial charge in [-0.05, 0) is 67.5 Å². The summed E-state index contributed by atoms with van der Waals surface area (Å²) in [4.78, 5) is 6.14. The number of benzene rings is 2. The first-order valence-corrected chi connectivity index (χ1v) is 11.8. The van der Waals surface area contributed by atoms with Gasteiger partial charge in [-0.1, -0.05) is 43.6 Å². The van der Waals surface area contributed by atoms with Crippen LogP contribution in [0.15, 0.2) is 36.4 Å².